The van der Waals surface area contributed by atoms with E-state index in [9.17, 15) is 19.2 Å². The Labute approximate surface area is 246 Å². The SMILES string of the molecule is CC[C@H]1NC(=O)[C@@H](NC(=O)c2cnn3ccn(C)c23)CCCCNC(=O)c2csc(n2)[C@H](Cc2ccccc2)NC1=O. The maximum atomic E-state index is 13.5. The first kappa shape index (κ1) is 29.0. The normalized spacial score (nSPS) is 20.5. The van der Waals surface area contributed by atoms with Gasteiger partial charge in [-0.2, -0.15) is 5.10 Å². The summed E-state index contributed by atoms with van der Waals surface area (Å²) in [6.07, 6.45) is 7.25. The number of rotatable bonds is 5. The molecule has 13 heteroatoms. The molecule has 4 aromatic rings. The molecule has 4 N–H and O–H groups in total. The predicted molar refractivity (Wildman–Crippen MR) is 157 cm³/mol. The molecule has 42 heavy (non-hydrogen) atoms. The minimum Gasteiger partial charge on any atom is -0.351 e. The van der Waals surface area contributed by atoms with Gasteiger partial charge < -0.3 is 25.8 Å². The lowest BCUT2D eigenvalue weighted by Crippen LogP contribution is -2.54. The quantitative estimate of drug-likeness (QED) is 0.280. The molecule has 0 unspecified atom stereocenters. The molecule has 1 aliphatic rings. The number of nitrogens with one attached hydrogen (secondary N) is 4. The zero-order valence-corrected chi connectivity index (χ0v) is 24.3. The molecule has 0 aliphatic carbocycles. The molecule has 2 bridgehead atoms. The number of benzene rings is 1. The zero-order valence-electron chi connectivity index (χ0n) is 23.5. The molecule has 3 aromatic heterocycles. The van der Waals surface area contributed by atoms with Crippen LogP contribution in [0, 0.1) is 0 Å². The Morgan fingerprint density at radius 3 is 2.64 bits per heavy atom. The highest BCUT2D eigenvalue weighted by molar-refractivity contribution is 7.09. The van der Waals surface area contributed by atoms with Gasteiger partial charge in [-0.3, -0.25) is 19.2 Å². The van der Waals surface area contributed by atoms with Crippen molar-refractivity contribution in [3.8, 4) is 0 Å². The topological polar surface area (TPSA) is 152 Å². The van der Waals surface area contributed by atoms with Crippen molar-refractivity contribution in [2.45, 2.75) is 57.2 Å². The van der Waals surface area contributed by atoms with Gasteiger partial charge in [0.2, 0.25) is 11.8 Å². The van der Waals surface area contributed by atoms with Crippen LogP contribution in [0.25, 0.3) is 5.65 Å². The summed E-state index contributed by atoms with van der Waals surface area (Å²) >= 11 is 1.31. The summed E-state index contributed by atoms with van der Waals surface area (Å²) in [4.78, 5) is 57.6. The maximum absolute atomic E-state index is 13.5. The average molecular weight is 591 g/mol. The third-order valence-corrected chi connectivity index (χ3v) is 8.26. The van der Waals surface area contributed by atoms with E-state index < -0.39 is 29.9 Å². The van der Waals surface area contributed by atoms with E-state index in [4.69, 9.17) is 0 Å². The third-order valence-electron chi connectivity index (χ3n) is 7.30. The Morgan fingerprint density at radius 2 is 1.86 bits per heavy atom. The Balaban J connectivity index is 1.38. The number of imidazole rings is 1. The lowest BCUT2D eigenvalue weighted by atomic mass is 10.0. The van der Waals surface area contributed by atoms with Crippen molar-refractivity contribution < 1.29 is 19.2 Å². The van der Waals surface area contributed by atoms with Crippen LogP contribution in [0.2, 0.25) is 0 Å². The molecule has 220 valence electrons. The van der Waals surface area contributed by atoms with Gasteiger partial charge in [0.25, 0.3) is 11.8 Å². The molecule has 0 saturated heterocycles. The summed E-state index contributed by atoms with van der Waals surface area (Å²) in [6, 6.07) is 7.45. The Morgan fingerprint density at radius 1 is 1.07 bits per heavy atom. The molecular weight excluding hydrogens is 556 g/mol. The summed E-state index contributed by atoms with van der Waals surface area (Å²) in [6.45, 7) is 2.20. The number of thiazole rings is 1. The Bertz CT molecular complexity index is 1580. The number of amides is 4. The van der Waals surface area contributed by atoms with Crippen molar-refractivity contribution in [3.63, 3.8) is 0 Å². The van der Waals surface area contributed by atoms with Gasteiger partial charge in [0.1, 0.15) is 34.0 Å². The van der Waals surface area contributed by atoms with Gasteiger partial charge in [0.05, 0.1) is 12.2 Å². The molecule has 0 radical (unpaired) electrons. The van der Waals surface area contributed by atoms with E-state index >= 15 is 0 Å². The average Bonchev–Trinajstić information content (AvgIpc) is 3.73. The highest BCUT2D eigenvalue weighted by Crippen LogP contribution is 2.23. The lowest BCUT2D eigenvalue weighted by molar-refractivity contribution is -0.130. The number of aromatic nitrogens is 4. The molecular formula is C29H34N8O4S. The van der Waals surface area contributed by atoms with Crippen molar-refractivity contribution in [2.75, 3.05) is 6.54 Å². The van der Waals surface area contributed by atoms with Crippen LogP contribution >= 0.6 is 11.3 Å². The molecule has 1 aliphatic heterocycles. The van der Waals surface area contributed by atoms with Crippen molar-refractivity contribution in [3.05, 3.63) is 76.1 Å². The van der Waals surface area contributed by atoms with E-state index in [1.807, 2.05) is 44.3 Å². The molecule has 4 amide bonds. The van der Waals surface area contributed by atoms with Gasteiger partial charge in [-0.05, 0) is 37.7 Å². The Hall–Kier alpha value is -4.52. The van der Waals surface area contributed by atoms with Gasteiger partial charge in [-0.15, -0.1) is 11.3 Å². The van der Waals surface area contributed by atoms with Crippen LogP contribution in [0.15, 0.2) is 54.3 Å². The number of carbonyl (C=O) groups is 4. The molecule has 12 nitrogen and oxygen atoms in total. The summed E-state index contributed by atoms with van der Waals surface area (Å²) in [5.41, 5.74) is 2.23. The van der Waals surface area contributed by atoms with Crippen LogP contribution < -0.4 is 21.3 Å². The minimum absolute atomic E-state index is 0.295. The fourth-order valence-corrected chi connectivity index (χ4v) is 5.83. The van der Waals surface area contributed by atoms with Crippen LogP contribution in [-0.4, -0.2) is 61.4 Å². The van der Waals surface area contributed by atoms with E-state index in [0.717, 1.165) is 5.56 Å². The smallest absolute Gasteiger partial charge is 0.270 e. The monoisotopic (exact) mass is 590 g/mol. The van der Waals surface area contributed by atoms with Crippen LogP contribution in [0.3, 0.4) is 0 Å². The standard InChI is InChI=1S/C29H34N8O4S/c1-3-20-26(40)34-22(15-18-9-5-4-6-10-18)28-35-23(17-42-28)25(39)30-12-8-7-11-21(27(41)32-20)33-24(38)19-16-31-37-14-13-36(2)29(19)37/h4-6,9-10,13-14,16-17,20-22H,3,7-8,11-12,15H2,1-2H3,(H,30,39)(H,32,41)(H,33,38)(H,34,40)/t20-,21+,22+/m1/s1. The maximum Gasteiger partial charge on any atom is 0.270 e. The molecule has 0 spiro atoms. The molecule has 3 atom stereocenters. The van der Waals surface area contributed by atoms with E-state index in [-0.39, 0.29) is 11.8 Å². The summed E-state index contributed by atoms with van der Waals surface area (Å²) in [7, 11) is 1.81. The van der Waals surface area contributed by atoms with Crippen LogP contribution in [-0.2, 0) is 23.1 Å². The third kappa shape index (κ3) is 6.51. The number of carbonyl (C=O) groups excluding carboxylic acids is 4. The van der Waals surface area contributed by atoms with Crippen LogP contribution in [0.5, 0.6) is 0 Å². The van der Waals surface area contributed by atoms with Crippen molar-refractivity contribution in [1.82, 2.24) is 40.4 Å². The summed E-state index contributed by atoms with van der Waals surface area (Å²) < 4.78 is 3.36. The zero-order chi connectivity index (χ0) is 29.6. The highest BCUT2D eigenvalue weighted by atomic mass is 32.1. The van der Waals surface area contributed by atoms with Crippen LogP contribution in [0.1, 0.15) is 70.1 Å². The molecule has 5 rings (SSSR count). The van der Waals surface area contributed by atoms with E-state index in [1.54, 1.807) is 26.9 Å². The fourth-order valence-electron chi connectivity index (χ4n) is 4.98. The highest BCUT2D eigenvalue weighted by Gasteiger charge is 2.29. The fraction of sp³-hybridized carbons (Fsp3) is 0.379. The first-order chi connectivity index (χ1) is 20.3. The van der Waals surface area contributed by atoms with Crippen molar-refractivity contribution >= 4 is 40.6 Å². The molecule has 0 fully saturated rings. The second-order valence-corrected chi connectivity index (χ2v) is 11.2. The van der Waals surface area contributed by atoms with E-state index in [0.29, 0.717) is 60.6 Å². The predicted octanol–water partition coefficient (Wildman–Crippen LogP) is 2.14. The summed E-state index contributed by atoms with van der Waals surface area (Å²) in [5, 5.41) is 18.1. The lowest BCUT2D eigenvalue weighted by Gasteiger charge is -2.24. The largest absolute Gasteiger partial charge is 0.351 e. The number of hydrogen-bond donors (Lipinski definition) is 4. The summed E-state index contributed by atoms with van der Waals surface area (Å²) in [5.74, 6) is -1.55. The second-order valence-electron chi connectivity index (χ2n) is 10.3. The minimum atomic E-state index is -0.892. The number of hydrogen-bond acceptors (Lipinski definition) is 7. The van der Waals surface area contributed by atoms with Gasteiger partial charge in [-0.1, -0.05) is 37.3 Å². The number of aryl methyl sites for hydroxylation is 1. The molecule has 0 saturated carbocycles. The molecule has 4 heterocycles. The Kier molecular flexibility index (Phi) is 8.96. The van der Waals surface area contributed by atoms with Gasteiger partial charge in [0, 0.05) is 31.4 Å². The first-order valence-corrected chi connectivity index (χ1v) is 14.9. The number of nitrogens with zero attached hydrogens (tertiary/aromatic N) is 4. The first-order valence-electron chi connectivity index (χ1n) is 14.0. The molecule has 1 aromatic carbocycles. The van der Waals surface area contributed by atoms with Gasteiger partial charge >= 0.3 is 0 Å². The second kappa shape index (κ2) is 13.0. The van der Waals surface area contributed by atoms with Crippen molar-refractivity contribution in [1.29, 1.82) is 0 Å². The van der Waals surface area contributed by atoms with Crippen molar-refractivity contribution in [2.24, 2.45) is 7.05 Å². The van der Waals surface area contributed by atoms with E-state index in [1.165, 1.54) is 17.5 Å². The van der Waals surface area contributed by atoms with Gasteiger partial charge in [-0.25, -0.2) is 9.50 Å². The van der Waals surface area contributed by atoms with E-state index in [2.05, 4.69) is 31.3 Å². The van der Waals surface area contributed by atoms with Gasteiger partial charge in [0.15, 0.2) is 0 Å². The van der Waals surface area contributed by atoms with Crippen LogP contribution in [0.4, 0.5) is 0 Å². The number of fused-ring (bicyclic) bond motifs is 3.